The number of pyridine rings is 1. The minimum atomic E-state index is -0.617. The number of nitriles is 1. The molecule has 1 aromatic heterocycles. The van der Waals surface area contributed by atoms with Crippen molar-refractivity contribution in [3.8, 4) is 6.07 Å². The Labute approximate surface area is 51.6 Å². The normalized spacial score (nSPS) is 8.44. The van der Waals surface area contributed by atoms with E-state index in [-0.39, 0.29) is 5.56 Å². The summed E-state index contributed by atoms with van der Waals surface area (Å²) in [4.78, 5) is 3.14. The number of nitrogens with zero attached hydrogens (tertiary/aromatic N) is 2. The standard InChI is InChI=1S/C6H2FN2/c7-6-2-1-5(3-8)4-9-6/h1-2H. The highest BCUT2D eigenvalue weighted by molar-refractivity contribution is 5.22. The van der Waals surface area contributed by atoms with E-state index in [1.807, 2.05) is 0 Å². The van der Waals surface area contributed by atoms with Crippen LogP contribution in [0.5, 0.6) is 0 Å². The summed E-state index contributed by atoms with van der Waals surface area (Å²) in [5.74, 6) is -0.617. The topological polar surface area (TPSA) is 36.7 Å². The van der Waals surface area contributed by atoms with Crippen molar-refractivity contribution in [2.45, 2.75) is 0 Å². The third-order valence-corrected chi connectivity index (χ3v) is 0.791. The quantitative estimate of drug-likeness (QED) is 0.478. The van der Waals surface area contributed by atoms with E-state index in [2.05, 4.69) is 11.2 Å². The molecule has 1 radical (unpaired) electrons. The van der Waals surface area contributed by atoms with Crippen molar-refractivity contribution in [3.05, 3.63) is 29.8 Å². The van der Waals surface area contributed by atoms with Crippen LogP contribution in [0.4, 0.5) is 4.39 Å². The summed E-state index contributed by atoms with van der Waals surface area (Å²) in [7, 11) is 0. The van der Waals surface area contributed by atoms with Gasteiger partial charge in [-0.2, -0.15) is 9.65 Å². The number of halogens is 1. The van der Waals surface area contributed by atoms with Crippen LogP contribution in [0.2, 0.25) is 0 Å². The van der Waals surface area contributed by atoms with Gasteiger partial charge < -0.3 is 0 Å². The molecule has 0 unspecified atom stereocenters. The molecule has 0 bridgehead atoms. The second-order valence-electron chi connectivity index (χ2n) is 1.41. The fraction of sp³-hybridized carbons (Fsp3) is 0. The highest BCUT2D eigenvalue weighted by Gasteiger charge is 1.90. The van der Waals surface area contributed by atoms with Crippen molar-refractivity contribution in [2.75, 3.05) is 0 Å². The van der Waals surface area contributed by atoms with Crippen LogP contribution < -0.4 is 0 Å². The van der Waals surface area contributed by atoms with Gasteiger partial charge in [-0.3, -0.25) is 0 Å². The van der Waals surface area contributed by atoms with Gasteiger partial charge in [0.1, 0.15) is 12.3 Å². The molecule has 0 N–H and O–H groups in total. The monoisotopic (exact) mass is 121 g/mol. The Morgan fingerprint density at radius 3 is 2.89 bits per heavy atom. The molecule has 9 heavy (non-hydrogen) atoms. The first-order chi connectivity index (χ1) is 4.33. The summed E-state index contributed by atoms with van der Waals surface area (Å²) in [5, 5.41) is 8.18. The minimum Gasteiger partial charge on any atom is -0.217 e. The summed E-state index contributed by atoms with van der Waals surface area (Å²) in [6, 6.07) is 4.21. The van der Waals surface area contributed by atoms with Crippen LogP contribution in [0, 0.1) is 23.5 Å². The van der Waals surface area contributed by atoms with Gasteiger partial charge >= 0.3 is 0 Å². The molecule has 2 nitrogen and oxygen atoms in total. The van der Waals surface area contributed by atoms with E-state index < -0.39 is 5.95 Å². The molecule has 1 rings (SSSR count). The average molecular weight is 121 g/mol. The zero-order valence-corrected chi connectivity index (χ0v) is 4.43. The van der Waals surface area contributed by atoms with Crippen molar-refractivity contribution < 1.29 is 4.39 Å². The first kappa shape index (κ1) is 5.70. The number of hydrogen-bond acceptors (Lipinski definition) is 2. The van der Waals surface area contributed by atoms with Crippen molar-refractivity contribution in [2.24, 2.45) is 0 Å². The van der Waals surface area contributed by atoms with E-state index in [0.717, 1.165) is 6.07 Å². The maximum atomic E-state index is 12.0. The highest BCUT2D eigenvalue weighted by Crippen LogP contribution is 1.94. The van der Waals surface area contributed by atoms with E-state index in [4.69, 9.17) is 5.26 Å². The SMILES string of the molecule is N#Cc1[c]nc(F)cc1. The fourth-order valence-electron chi connectivity index (χ4n) is 0.403. The van der Waals surface area contributed by atoms with Crippen LogP contribution in [0.3, 0.4) is 0 Å². The Hall–Kier alpha value is -1.43. The van der Waals surface area contributed by atoms with Gasteiger partial charge in [0.05, 0.1) is 5.56 Å². The summed E-state index contributed by atoms with van der Waals surface area (Å²) < 4.78 is 12.0. The molecule has 0 aliphatic carbocycles. The van der Waals surface area contributed by atoms with Gasteiger partial charge in [-0.25, -0.2) is 4.98 Å². The van der Waals surface area contributed by atoms with Gasteiger partial charge in [0.25, 0.3) is 0 Å². The third-order valence-electron chi connectivity index (χ3n) is 0.791. The summed E-state index contributed by atoms with van der Waals surface area (Å²) in [5.41, 5.74) is 0.247. The summed E-state index contributed by atoms with van der Waals surface area (Å²) >= 11 is 0. The first-order valence-electron chi connectivity index (χ1n) is 2.27. The van der Waals surface area contributed by atoms with Crippen molar-refractivity contribution in [1.29, 1.82) is 5.26 Å². The minimum absolute atomic E-state index is 0.247. The average Bonchev–Trinajstić information content (AvgIpc) is 1.90. The van der Waals surface area contributed by atoms with Gasteiger partial charge in [0.15, 0.2) is 0 Å². The van der Waals surface area contributed by atoms with Crippen LogP contribution in [-0.2, 0) is 0 Å². The van der Waals surface area contributed by atoms with Crippen LogP contribution in [0.1, 0.15) is 5.56 Å². The highest BCUT2D eigenvalue weighted by atomic mass is 19.1. The van der Waals surface area contributed by atoms with E-state index >= 15 is 0 Å². The van der Waals surface area contributed by atoms with E-state index in [1.54, 1.807) is 6.07 Å². The molecular weight excluding hydrogens is 119 g/mol. The van der Waals surface area contributed by atoms with Gasteiger partial charge in [0.2, 0.25) is 5.95 Å². The lowest BCUT2D eigenvalue weighted by molar-refractivity contribution is 0.582. The van der Waals surface area contributed by atoms with E-state index in [9.17, 15) is 4.39 Å². The Morgan fingerprint density at radius 1 is 1.67 bits per heavy atom. The van der Waals surface area contributed by atoms with E-state index in [1.165, 1.54) is 6.07 Å². The molecule has 0 fully saturated rings. The van der Waals surface area contributed by atoms with Gasteiger partial charge in [-0.15, -0.1) is 0 Å². The molecule has 0 saturated heterocycles. The lowest BCUT2D eigenvalue weighted by Gasteiger charge is -1.83. The molecule has 0 amide bonds. The fourth-order valence-corrected chi connectivity index (χ4v) is 0.403. The lowest BCUT2D eigenvalue weighted by Crippen LogP contribution is -1.81. The molecule has 0 atom stereocenters. The molecule has 43 valence electrons. The number of hydrogen-bond donors (Lipinski definition) is 0. The summed E-state index contributed by atoms with van der Waals surface area (Å²) in [6.45, 7) is 0. The summed E-state index contributed by atoms with van der Waals surface area (Å²) in [6.07, 6.45) is 2.20. The molecule has 0 aliphatic rings. The zero-order valence-electron chi connectivity index (χ0n) is 4.43. The molecule has 0 aliphatic heterocycles. The predicted octanol–water partition coefficient (Wildman–Crippen LogP) is 0.893. The Morgan fingerprint density at radius 2 is 2.44 bits per heavy atom. The lowest BCUT2D eigenvalue weighted by atomic mass is 10.3. The van der Waals surface area contributed by atoms with Crippen LogP contribution >= 0.6 is 0 Å². The molecule has 1 heterocycles. The Bertz CT molecular complexity index is 234. The Balaban J connectivity index is 3.06. The molecule has 1 aromatic rings. The number of aromatic nitrogens is 1. The maximum absolute atomic E-state index is 12.0. The van der Waals surface area contributed by atoms with Crippen molar-refractivity contribution in [3.63, 3.8) is 0 Å². The van der Waals surface area contributed by atoms with Crippen LogP contribution in [-0.4, -0.2) is 4.98 Å². The molecule has 0 saturated carbocycles. The molecule has 3 heteroatoms. The van der Waals surface area contributed by atoms with Crippen molar-refractivity contribution >= 4 is 0 Å². The Kier molecular flexibility index (Phi) is 1.41. The number of rotatable bonds is 0. The van der Waals surface area contributed by atoms with Crippen LogP contribution in [0.15, 0.2) is 12.1 Å². The second kappa shape index (κ2) is 2.23. The van der Waals surface area contributed by atoms with E-state index in [0.29, 0.717) is 0 Å². The predicted molar refractivity (Wildman–Crippen MR) is 27.7 cm³/mol. The van der Waals surface area contributed by atoms with Gasteiger partial charge in [0, 0.05) is 0 Å². The van der Waals surface area contributed by atoms with Gasteiger partial charge in [-0.05, 0) is 12.1 Å². The van der Waals surface area contributed by atoms with Crippen LogP contribution in [0.25, 0.3) is 0 Å². The largest absolute Gasteiger partial charge is 0.217 e. The first-order valence-corrected chi connectivity index (χ1v) is 2.27. The smallest absolute Gasteiger partial charge is 0.213 e. The van der Waals surface area contributed by atoms with Gasteiger partial charge in [-0.1, -0.05) is 0 Å². The zero-order chi connectivity index (χ0) is 6.69. The molecular formula is C6H2FN2. The van der Waals surface area contributed by atoms with Crippen molar-refractivity contribution in [1.82, 2.24) is 4.98 Å². The molecule has 0 aromatic carbocycles. The third kappa shape index (κ3) is 1.23. The second-order valence-corrected chi connectivity index (χ2v) is 1.41. The molecule has 0 spiro atoms. The maximum Gasteiger partial charge on any atom is 0.213 e.